The van der Waals surface area contributed by atoms with Crippen LogP contribution in [-0.2, 0) is 6.54 Å². The highest BCUT2D eigenvalue weighted by Gasteiger charge is 2.21. The van der Waals surface area contributed by atoms with E-state index >= 15 is 0 Å². The third kappa shape index (κ3) is 2.07. The van der Waals surface area contributed by atoms with Crippen molar-refractivity contribution in [3.05, 3.63) is 17.5 Å². The minimum atomic E-state index is 0.0904. The lowest BCUT2D eigenvalue weighted by molar-refractivity contribution is 0.572. The smallest absolute Gasteiger partial charge is 0.0659 e. The van der Waals surface area contributed by atoms with Crippen molar-refractivity contribution in [1.82, 2.24) is 9.78 Å². The van der Waals surface area contributed by atoms with E-state index in [2.05, 4.69) is 22.8 Å². The van der Waals surface area contributed by atoms with E-state index in [4.69, 9.17) is 5.73 Å². The number of nitrogens with zero attached hydrogens (tertiary/aromatic N) is 2. The summed E-state index contributed by atoms with van der Waals surface area (Å²) >= 11 is 0. The first kappa shape index (κ1) is 10.7. The molecule has 0 aliphatic heterocycles. The van der Waals surface area contributed by atoms with Crippen LogP contribution in [0.4, 0.5) is 0 Å². The van der Waals surface area contributed by atoms with Crippen LogP contribution in [0.15, 0.2) is 6.07 Å². The molecule has 2 N–H and O–H groups in total. The summed E-state index contributed by atoms with van der Waals surface area (Å²) in [5.74, 6) is 0.690. The number of aryl methyl sites for hydroxylation is 1. The molecule has 1 aliphatic carbocycles. The zero-order chi connectivity index (χ0) is 10.8. The van der Waals surface area contributed by atoms with Crippen LogP contribution in [-0.4, -0.2) is 9.78 Å². The fourth-order valence-electron chi connectivity index (χ4n) is 2.49. The molecule has 84 valence electrons. The highest BCUT2D eigenvalue weighted by molar-refractivity contribution is 5.17. The van der Waals surface area contributed by atoms with Gasteiger partial charge in [0.25, 0.3) is 0 Å². The summed E-state index contributed by atoms with van der Waals surface area (Å²) in [5.41, 5.74) is 8.39. The van der Waals surface area contributed by atoms with E-state index in [1.807, 2.05) is 6.92 Å². The van der Waals surface area contributed by atoms with E-state index in [0.29, 0.717) is 5.92 Å². The molecule has 1 aliphatic rings. The Morgan fingerprint density at radius 1 is 1.53 bits per heavy atom. The number of hydrogen-bond donors (Lipinski definition) is 1. The molecule has 15 heavy (non-hydrogen) atoms. The summed E-state index contributed by atoms with van der Waals surface area (Å²) in [6.45, 7) is 5.07. The van der Waals surface area contributed by atoms with Gasteiger partial charge < -0.3 is 5.73 Å². The SMILES string of the molecule is CCn1nc(C2CCCC2)cc1[C@@H](C)N. The lowest BCUT2D eigenvalue weighted by Crippen LogP contribution is -2.12. The van der Waals surface area contributed by atoms with Gasteiger partial charge in [-0.1, -0.05) is 12.8 Å². The summed E-state index contributed by atoms with van der Waals surface area (Å²) in [7, 11) is 0. The molecule has 0 bridgehead atoms. The number of nitrogens with two attached hydrogens (primary N) is 1. The van der Waals surface area contributed by atoms with E-state index in [-0.39, 0.29) is 6.04 Å². The van der Waals surface area contributed by atoms with E-state index in [1.165, 1.54) is 37.1 Å². The summed E-state index contributed by atoms with van der Waals surface area (Å²) in [6.07, 6.45) is 5.33. The summed E-state index contributed by atoms with van der Waals surface area (Å²) < 4.78 is 2.05. The van der Waals surface area contributed by atoms with Gasteiger partial charge in [-0.05, 0) is 32.8 Å². The predicted molar refractivity (Wildman–Crippen MR) is 61.7 cm³/mol. The molecule has 3 nitrogen and oxygen atoms in total. The maximum atomic E-state index is 5.94. The maximum absolute atomic E-state index is 5.94. The third-order valence-corrected chi connectivity index (χ3v) is 3.37. The average Bonchev–Trinajstić information content (AvgIpc) is 2.86. The lowest BCUT2D eigenvalue weighted by Gasteiger charge is -2.06. The van der Waals surface area contributed by atoms with Gasteiger partial charge in [-0.15, -0.1) is 0 Å². The average molecular weight is 207 g/mol. The molecular weight excluding hydrogens is 186 g/mol. The summed E-state index contributed by atoms with van der Waals surface area (Å²) in [4.78, 5) is 0. The van der Waals surface area contributed by atoms with Gasteiger partial charge in [-0.25, -0.2) is 0 Å². The van der Waals surface area contributed by atoms with Crippen molar-refractivity contribution in [1.29, 1.82) is 0 Å². The summed E-state index contributed by atoms with van der Waals surface area (Å²) in [6, 6.07) is 2.30. The van der Waals surface area contributed by atoms with Crippen molar-refractivity contribution in [2.24, 2.45) is 5.73 Å². The number of rotatable bonds is 3. The van der Waals surface area contributed by atoms with Crippen molar-refractivity contribution < 1.29 is 0 Å². The van der Waals surface area contributed by atoms with Gasteiger partial charge >= 0.3 is 0 Å². The Hall–Kier alpha value is -0.830. The Kier molecular flexibility index (Phi) is 3.10. The molecule has 3 heteroatoms. The molecule has 0 unspecified atom stereocenters. The zero-order valence-corrected chi connectivity index (χ0v) is 9.74. The molecule has 0 saturated heterocycles. The first-order valence-electron chi connectivity index (χ1n) is 6.05. The molecule has 0 aromatic carbocycles. The number of hydrogen-bond acceptors (Lipinski definition) is 2. The van der Waals surface area contributed by atoms with Gasteiger partial charge in [0.05, 0.1) is 11.4 Å². The molecule has 1 saturated carbocycles. The third-order valence-electron chi connectivity index (χ3n) is 3.37. The van der Waals surface area contributed by atoms with Crippen molar-refractivity contribution in [2.75, 3.05) is 0 Å². The van der Waals surface area contributed by atoms with Crippen LogP contribution in [0.2, 0.25) is 0 Å². The Bertz CT molecular complexity index is 322. The lowest BCUT2D eigenvalue weighted by atomic mass is 10.0. The molecule has 2 rings (SSSR count). The van der Waals surface area contributed by atoms with E-state index in [1.54, 1.807) is 0 Å². The zero-order valence-electron chi connectivity index (χ0n) is 9.74. The van der Waals surface area contributed by atoms with Crippen molar-refractivity contribution in [3.63, 3.8) is 0 Å². The molecule has 0 amide bonds. The summed E-state index contributed by atoms with van der Waals surface area (Å²) in [5, 5.41) is 4.67. The Labute approximate surface area is 91.7 Å². The van der Waals surface area contributed by atoms with Gasteiger partial charge in [-0.2, -0.15) is 5.10 Å². The molecule has 1 aromatic rings. The maximum Gasteiger partial charge on any atom is 0.0659 e. The molecule has 0 radical (unpaired) electrons. The molecule has 0 spiro atoms. The van der Waals surface area contributed by atoms with Crippen molar-refractivity contribution in [3.8, 4) is 0 Å². The minimum absolute atomic E-state index is 0.0904. The second-order valence-electron chi connectivity index (χ2n) is 4.58. The van der Waals surface area contributed by atoms with E-state index in [9.17, 15) is 0 Å². The first-order chi connectivity index (χ1) is 7.22. The highest BCUT2D eigenvalue weighted by atomic mass is 15.3. The van der Waals surface area contributed by atoms with Crippen LogP contribution >= 0.6 is 0 Å². The van der Waals surface area contributed by atoms with Crippen molar-refractivity contribution >= 4 is 0 Å². The van der Waals surface area contributed by atoms with Gasteiger partial charge in [0, 0.05) is 18.5 Å². The van der Waals surface area contributed by atoms with Gasteiger partial charge in [0.2, 0.25) is 0 Å². The normalized spacial score (nSPS) is 19.7. The van der Waals surface area contributed by atoms with Crippen LogP contribution in [0.1, 0.15) is 62.9 Å². The Balaban J connectivity index is 2.25. The first-order valence-corrected chi connectivity index (χ1v) is 6.05. The Morgan fingerprint density at radius 2 is 2.20 bits per heavy atom. The van der Waals surface area contributed by atoms with Gasteiger partial charge in [-0.3, -0.25) is 4.68 Å². The second kappa shape index (κ2) is 4.35. The van der Waals surface area contributed by atoms with Gasteiger partial charge in [0.15, 0.2) is 0 Å². The van der Waals surface area contributed by atoms with Crippen LogP contribution < -0.4 is 5.73 Å². The van der Waals surface area contributed by atoms with Gasteiger partial charge in [0.1, 0.15) is 0 Å². The van der Waals surface area contributed by atoms with Crippen LogP contribution in [0.5, 0.6) is 0 Å². The van der Waals surface area contributed by atoms with Crippen molar-refractivity contribution in [2.45, 2.75) is 58.0 Å². The quantitative estimate of drug-likeness (QED) is 0.828. The van der Waals surface area contributed by atoms with Crippen LogP contribution in [0.25, 0.3) is 0 Å². The molecule has 1 heterocycles. The fraction of sp³-hybridized carbons (Fsp3) is 0.750. The predicted octanol–water partition coefficient (Wildman–Crippen LogP) is 2.58. The fourth-order valence-corrected chi connectivity index (χ4v) is 2.49. The topological polar surface area (TPSA) is 43.8 Å². The second-order valence-corrected chi connectivity index (χ2v) is 4.58. The number of aromatic nitrogens is 2. The standard InChI is InChI=1S/C12H21N3/c1-3-15-12(9(2)13)8-11(14-15)10-6-4-5-7-10/h8-10H,3-7,13H2,1-2H3/t9-/m1/s1. The molecular formula is C12H21N3. The monoisotopic (exact) mass is 207 g/mol. The minimum Gasteiger partial charge on any atom is -0.323 e. The largest absolute Gasteiger partial charge is 0.323 e. The van der Waals surface area contributed by atoms with Crippen LogP contribution in [0.3, 0.4) is 0 Å². The van der Waals surface area contributed by atoms with E-state index < -0.39 is 0 Å². The Morgan fingerprint density at radius 3 is 2.67 bits per heavy atom. The molecule has 1 atom stereocenters. The van der Waals surface area contributed by atoms with Crippen LogP contribution in [0, 0.1) is 0 Å². The molecule has 1 fully saturated rings. The highest BCUT2D eigenvalue weighted by Crippen LogP contribution is 2.34. The van der Waals surface area contributed by atoms with E-state index in [0.717, 1.165) is 6.54 Å². The molecule has 1 aromatic heterocycles.